The first-order valence-electron chi connectivity index (χ1n) is 7.02. The number of hydrogen-bond donors (Lipinski definition) is 2. The first-order chi connectivity index (χ1) is 11.8. The Bertz CT molecular complexity index is 952. The Kier molecular flexibility index (Phi) is 5.01. The van der Waals surface area contributed by atoms with E-state index in [1.54, 1.807) is 0 Å². The molecule has 12 heteroatoms. The molecule has 1 amide bonds. The van der Waals surface area contributed by atoms with Gasteiger partial charge in [0.1, 0.15) is 0 Å². The number of benzene rings is 1. The first kappa shape index (κ1) is 19.7. The summed E-state index contributed by atoms with van der Waals surface area (Å²) in [5, 5.41) is 1.64. The second-order valence-corrected chi connectivity index (χ2v) is 7.51. The maximum absolute atomic E-state index is 12.8. The molecule has 1 heterocycles. The van der Waals surface area contributed by atoms with Crippen molar-refractivity contribution in [2.24, 2.45) is 5.73 Å². The van der Waals surface area contributed by atoms with Gasteiger partial charge in [0.2, 0.25) is 0 Å². The fourth-order valence-corrected chi connectivity index (χ4v) is 2.81. The third-order valence-electron chi connectivity index (χ3n) is 3.35. The van der Waals surface area contributed by atoms with Crippen molar-refractivity contribution in [3.63, 3.8) is 0 Å². The molecule has 1 aromatic carbocycles. The molecule has 0 aliphatic rings. The molecule has 0 aliphatic heterocycles. The van der Waals surface area contributed by atoms with E-state index in [-0.39, 0.29) is 5.69 Å². The Balaban J connectivity index is 2.51. The highest BCUT2D eigenvalue weighted by Gasteiger charge is 2.33. The van der Waals surface area contributed by atoms with Crippen molar-refractivity contribution < 1.29 is 30.8 Å². The van der Waals surface area contributed by atoms with Gasteiger partial charge in [-0.25, -0.2) is 12.7 Å². The molecule has 0 atom stereocenters. The molecule has 26 heavy (non-hydrogen) atoms. The second kappa shape index (κ2) is 6.61. The van der Waals surface area contributed by atoms with Gasteiger partial charge < -0.3 is 15.5 Å². The van der Waals surface area contributed by atoms with Crippen LogP contribution in [0.1, 0.15) is 21.6 Å². The number of halogens is 3. The molecule has 0 unspecified atom stereocenters. The van der Waals surface area contributed by atoms with Crippen LogP contribution in [0.15, 0.2) is 27.7 Å². The van der Waals surface area contributed by atoms with Crippen molar-refractivity contribution >= 4 is 27.6 Å². The quantitative estimate of drug-likeness (QED) is 0.804. The van der Waals surface area contributed by atoms with Crippen LogP contribution in [0.3, 0.4) is 0 Å². The van der Waals surface area contributed by atoms with Crippen LogP contribution in [-0.2, 0) is 16.2 Å². The zero-order valence-electron chi connectivity index (χ0n) is 13.9. The number of nitrogens with two attached hydrogens (primary N) is 1. The first-order valence-corrected chi connectivity index (χ1v) is 8.46. The average molecular weight is 392 g/mol. The van der Waals surface area contributed by atoms with E-state index in [4.69, 9.17) is 10.2 Å². The van der Waals surface area contributed by atoms with E-state index in [9.17, 15) is 26.4 Å². The zero-order chi connectivity index (χ0) is 19.9. The van der Waals surface area contributed by atoms with E-state index in [1.807, 2.05) is 0 Å². The Hall–Kier alpha value is -2.60. The van der Waals surface area contributed by atoms with Gasteiger partial charge in [-0.15, -0.1) is 0 Å². The summed E-state index contributed by atoms with van der Waals surface area (Å²) in [5.41, 5.74) is 3.91. The highest BCUT2D eigenvalue weighted by Crippen LogP contribution is 2.33. The molecule has 0 saturated heterocycles. The maximum atomic E-state index is 12.8. The highest BCUT2D eigenvalue weighted by atomic mass is 32.2. The minimum Gasteiger partial charge on any atom is -0.409 e. The predicted octanol–water partition coefficient (Wildman–Crippen LogP) is 2.09. The summed E-state index contributed by atoms with van der Waals surface area (Å²) in [6.07, 6.45) is -4.57. The van der Waals surface area contributed by atoms with Gasteiger partial charge in [-0.05, 0) is 24.6 Å². The lowest BCUT2D eigenvalue weighted by Crippen LogP contribution is -2.25. The number of anilines is 2. The molecule has 8 nitrogen and oxygen atoms in total. The molecule has 142 valence electrons. The van der Waals surface area contributed by atoms with Crippen LogP contribution in [0.5, 0.6) is 0 Å². The number of nitrogens with one attached hydrogen (secondary N) is 1. The molecule has 0 aliphatic carbocycles. The Morgan fingerprint density at radius 3 is 2.42 bits per heavy atom. The SMILES string of the molecule is Cc1ccc(C(F)(F)F)cc1Nc1nc(C(N)=O)c(S(=O)(=O)N(C)C)o1. The van der Waals surface area contributed by atoms with E-state index >= 15 is 0 Å². The number of oxazole rings is 1. The monoisotopic (exact) mass is 392 g/mol. The number of nitrogens with zero attached hydrogens (tertiary/aromatic N) is 2. The third-order valence-corrected chi connectivity index (χ3v) is 5.06. The van der Waals surface area contributed by atoms with Crippen LogP contribution in [-0.4, -0.2) is 37.7 Å². The third kappa shape index (κ3) is 3.80. The predicted molar refractivity (Wildman–Crippen MR) is 85.4 cm³/mol. The summed E-state index contributed by atoms with van der Waals surface area (Å²) < 4.78 is 68.7. The molecule has 0 spiro atoms. The van der Waals surface area contributed by atoms with E-state index in [2.05, 4.69) is 10.3 Å². The molecule has 0 radical (unpaired) electrons. The Morgan fingerprint density at radius 1 is 1.31 bits per heavy atom. The average Bonchev–Trinajstić information content (AvgIpc) is 2.93. The second-order valence-electron chi connectivity index (χ2n) is 5.46. The summed E-state index contributed by atoms with van der Waals surface area (Å²) in [4.78, 5) is 15.1. The Labute approximate surface area is 146 Å². The number of aromatic nitrogens is 1. The molecule has 3 N–H and O–H groups in total. The van der Waals surface area contributed by atoms with Gasteiger partial charge in [-0.2, -0.15) is 18.2 Å². The number of hydrogen-bond acceptors (Lipinski definition) is 6. The number of rotatable bonds is 5. The van der Waals surface area contributed by atoms with E-state index in [1.165, 1.54) is 27.1 Å². The topological polar surface area (TPSA) is 119 Å². The van der Waals surface area contributed by atoms with Gasteiger partial charge in [0.05, 0.1) is 5.56 Å². The number of primary amides is 1. The van der Waals surface area contributed by atoms with Crippen molar-refractivity contribution in [1.29, 1.82) is 0 Å². The van der Waals surface area contributed by atoms with Gasteiger partial charge in [-0.1, -0.05) is 6.07 Å². The van der Waals surface area contributed by atoms with Crippen LogP contribution in [0.4, 0.5) is 24.9 Å². The maximum Gasteiger partial charge on any atom is 0.416 e. The molecular formula is C14H15F3N4O4S. The number of carbonyl (C=O) groups excluding carboxylic acids is 1. The standard InChI is InChI=1S/C14H15F3N4O4S/c1-7-4-5-8(14(15,16)17)6-9(7)19-13-20-10(11(18)22)12(25-13)26(23,24)21(2)3/h4-6H,1-3H3,(H2,18,22)(H,19,20). The molecule has 2 aromatic rings. The summed E-state index contributed by atoms with van der Waals surface area (Å²) >= 11 is 0. The van der Waals surface area contributed by atoms with Crippen LogP contribution in [0.25, 0.3) is 0 Å². The van der Waals surface area contributed by atoms with Gasteiger partial charge in [-0.3, -0.25) is 4.79 Å². The number of sulfonamides is 1. The highest BCUT2D eigenvalue weighted by molar-refractivity contribution is 7.89. The number of aryl methyl sites for hydroxylation is 1. The Morgan fingerprint density at radius 2 is 1.92 bits per heavy atom. The van der Waals surface area contributed by atoms with E-state index in [0.29, 0.717) is 5.56 Å². The molecule has 1 aromatic heterocycles. The minimum absolute atomic E-state index is 0.0223. The fraction of sp³-hybridized carbons (Fsp3) is 0.286. The van der Waals surface area contributed by atoms with Gasteiger partial charge in [0.15, 0.2) is 5.69 Å². The lowest BCUT2D eigenvalue weighted by Gasteiger charge is -2.11. The summed E-state index contributed by atoms with van der Waals surface area (Å²) in [5.74, 6) is -1.16. The van der Waals surface area contributed by atoms with Gasteiger partial charge in [0, 0.05) is 19.8 Å². The smallest absolute Gasteiger partial charge is 0.409 e. The zero-order valence-corrected chi connectivity index (χ0v) is 14.7. The van der Waals surface area contributed by atoms with Crippen LogP contribution < -0.4 is 11.1 Å². The molecule has 0 saturated carbocycles. The van der Waals surface area contributed by atoms with E-state index < -0.39 is 44.5 Å². The van der Waals surface area contributed by atoms with Crippen LogP contribution >= 0.6 is 0 Å². The van der Waals surface area contributed by atoms with E-state index in [0.717, 1.165) is 16.4 Å². The van der Waals surface area contributed by atoms with Crippen molar-refractivity contribution in [2.45, 2.75) is 18.2 Å². The number of alkyl halides is 3. The van der Waals surface area contributed by atoms with Crippen LogP contribution in [0, 0.1) is 6.92 Å². The summed E-state index contributed by atoms with van der Waals surface area (Å²) in [6, 6.07) is 2.44. The van der Waals surface area contributed by atoms with Gasteiger partial charge in [0.25, 0.3) is 21.0 Å². The van der Waals surface area contributed by atoms with Crippen molar-refractivity contribution in [3.8, 4) is 0 Å². The minimum atomic E-state index is -4.57. The lowest BCUT2D eigenvalue weighted by molar-refractivity contribution is -0.137. The van der Waals surface area contributed by atoms with Gasteiger partial charge >= 0.3 is 12.2 Å². The molecule has 2 rings (SSSR count). The largest absolute Gasteiger partial charge is 0.416 e. The van der Waals surface area contributed by atoms with Crippen LogP contribution in [0.2, 0.25) is 0 Å². The number of carbonyl (C=O) groups is 1. The number of amides is 1. The lowest BCUT2D eigenvalue weighted by atomic mass is 10.1. The molecule has 0 fully saturated rings. The molecule has 0 bridgehead atoms. The van der Waals surface area contributed by atoms with Crippen molar-refractivity contribution in [3.05, 3.63) is 35.0 Å². The summed E-state index contributed by atoms with van der Waals surface area (Å²) in [6.45, 7) is 1.53. The normalized spacial score (nSPS) is 12.4. The molecular weight excluding hydrogens is 377 g/mol. The summed E-state index contributed by atoms with van der Waals surface area (Å²) in [7, 11) is -1.78. The van der Waals surface area contributed by atoms with Crippen molar-refractivity contribution in [2.75, 3.05) is 19.4 Å². The van der Waals surface area contributed by atoms with Crippen molar-refractivity contribution in [1.82, 2.24) is 9.29 Å². The fourth-order valence-electron chi connectivity index (χ4n) is 1.90.